The Balaban J connectivity index is 1.45. The predicted octanol–water partition coefficient (Wildman–Crippen LogP) is 1.73. The van der Waals surface area contributed by atoms with Crippen molar-refractivity contribution in [1.29, 1.82) is 5.26 Å². The van der Waals surface area contributed by atoms with Crippen LogP contribution in [-0.4, -0.2) is 40.0 Å². The SMILES string of the molecule is N#Cc1ccc(N2CC(Nc3cc(Cc4cnccn4)ncc3C(N)=O)C2)cc1. The number of nitriles is 1. The minimum atomic E-state index is -0.519. The number of amides is 1. The Kier molecular flexibility index (Phi) is 5.03. The van der Waals surface area contributed by atoms with Gasteiger partial charge in [-0.05, 0) is 30.3 Å². The molecule has 0 unspecified atom stereocenters. The molecule has 1 amide bonds. The third-order valence-corrected chi connectivity index (χ3v) is 4.81. The number of primary amides is 1. The summed E-state index contributed by atoms with van der Waals surface area (Å²) in [5.74, 6) is -0.519. The number of nitrogens with two attached hydrogens (primary N) is 1. The number of anilines is 2. The molecular weight excluding hydrogens is 366 g/mol. The monoisotopic (exact) mass is 385 g/mol. The number of rotatable bonds is 6. The van der Waals surface area contributed by atoms with Crippen molar-refractivity contribution in [2.75, 3.05) is 23.3 Å². The van der Waals surface area contributed by atoms with Crippen LogP contribution in [0.1, 0.15) is 27.3 Å². The van der Waals surface area contributed by atoms with Crippen molar-refractivity contribution in [2.24, 2.45) is 5.73 Å². The van der Waals surface area contributed by atoms with Crippen LogP contribution in [0.3, 0.4) is 0 Å². The minimum Gasteiger partial charge on any atom is -0.378 e. The van der Waals surface area contributed by atoms with E-state index in [1.165, 1.54) is 6.20 Å². The quantitative estimate of drug-likeness (QED) is 0.663. The van der Waals surface area contributed by atoms with E-state index in [0.717, 1.165) is 30.2 Å². The molecule has 1 fully saturated rings. The maximum Gasteiger partial charge on any atom is 0.252 e. The predicted molar refractivity (Wildman–Crippen MR) is 108 cm³/mol. The van der Waals surface area contributed by atoms with Crippen molar-refractivity contribution in [3.8, 4) is 6.07 Å². The molecule has 29 heavy (non-hydrogen) atoms. The Bertz CT molecular complexity index is 1050. The molecule has 1 aliphatic rings. The summed E-state index contributed by atoms with van der Waals surface area (Å²) in [5.41, 5.74) is 9.85. The number of hydrogen-bond donors (Lipinski definition) is 2. The third-order valence-electron chi connectivity index (χ3n) is 4.81. The Morgan fingerprint density at radius 3 is 2.62 bits per heavy atom. The first-order valence-corrected chi connectivity index (χ1v) is 9.17. The Labute approximate surface area is 168 Å². The standard InChI is InChI=1S/C21H19N7O/c22-9-14-1-3-18(4-2-14)28-12-17(13-28)27-20-8-15(26-11-19(20)21(23)29)7-16-10-24-5-6-25-16/h1-6,8,10-11,17H,7,12-13H2,(H2,23,29)(H,26,27). The number of aromatic nitrogens is 3. The van der Waals surface area contributed by atoms with Gasteiger partial charge in [-0.25, -0.2) is 0 Å². The van der Waals surface area contributed by atoms with Gasteiger partial charge >= 0.3 is 0 Å². The third kappa shape index (κ3) is 4.14. The zero-order valence-electron chi connectivity index (χ0n) is 15.6. The van der Waals surface area contributed by atoms with Crippen LogP contribution in [0.15, 0.2) is 55.1 Å². The topological polar surface area (TPSA) is 121 Å². The van der Waals surface area contributed by atoms with Crippen molar-refractivity contribution >= 4 is 17.3 Å². The van der Waals surface area contributed by atoms with Gasteiger partial charge in [-0.1, -0.05) is 0 Å². The van der Waals surface area contributed by atoms with Gasteiger partial charge in [-0.2, -0.15) is 5.26 Å². The molecule has 4 rings (SSSR count). The number of pyridine rings is 1. The van der Waals surface area contributed by atoms with Gasteiger partial charge in [-0.15, -0.1) is 0 Å². The van der Waals surface area contributed by atoms with Crippen LogP contribution < -0.4 is 16.0 Å². The molecule has 3 heterocycles. The van der Waals surface area contributed by atoms with E-state index in [1.807, 2.05) is 30.3 Å². The van der Waals surface area contributed by atoms with Crippen molar-refractivity contribution in [1.82, 2.24) is 15.0 Å². The van der Waals surface area contributed by atoms with Crippen LogP contribution in [0.2, 0.25) is 0 Å². The fourth-order valence-corrected chi connectivity index (χ4v) is 3.27. The van der Waals surface area contributed by atoms with Crippen molar-refractivity contribution in [2.45, 2.75) is 12.5 Å². The lowest BCUT2D eigenvalue weighted by Crippen LogP contribution is -2.55. The lowest BCUT2D eigenvalue weighted by atomic mass is 10.0. The smallest absolute Gasteiger partial charge is 0.252 e. The Morgan fingerprint density at radius 1 is 1.17 bits per heavy atom. The molecule has 1 aromatic carbocycles. The highest BCUT2D eigenvalue weighted by Crippen LogP contribution is 2.25. The average molecular weight is 385 g/mol. The molecule has 1 saturated heterocycles. The maximum absolute atomic E-state index is 11.8. The second-order valence-electron chi connectivity index (χ2n) is 6.86. The fourth-order valence-electron chi connectivity index (χ4n) is 3.27. The van der Waals surface area contributed by atoms with Crippen molar-refractivity contribution in [3.63, 3.8) is 0 Å². The molecular formula is C21H19N7O. The summed E-state index contributed by atoms with van der Waals surface area (Å²) in [7, 11) is 0. The maximum atomic E-state index is 11.8. The summed E-state index contributed by atoms with van der Waals surface area (Å²) in [6.07, 6.45) is 6.98. The highest BCUT2D eigenvalue weighted by molar-refractivity contribution is 5.98. The fraction of sp³-hybridized carbons (Fsp3) is 0.190. The highest BCUT2D eigenvalue weighted by atomic mass is 16.1. The van der Waals surface area contributed by atoms with Gasteiger partial charge in [0.05, 0.1) is 34.6 Å². The average Bonchev–Trinajstić information content (AvgIpc) is 2.71. The summed E-state index contributed by atoms with van der Waals surface area (Å²) in [6.45, 7) is 1.57. The molecule has 0 aliphatic carbocycles. The molecule has 8 heteroatoms. The summed E-state index contributed by atoms with van der Waals surface area (Å²) >= 11 is 0. The first-order chi connectivity index (χ1) is 14.1. The zero-order valence-corrected chi connectivity index (χ0v) is 15.6. The number of carbonyl (C=O) groups excluding carboxylic acids is 1. The highest BCUT2D eigenvalue weighted by Gasteiger charge is 2.28. The number of benzene rings is 1. The molecule has 144 valence electrons. The van der Waals surface area contributed by atoms with Crippen molar-refractivity contribution < 1.29 is 4.79 Å². The van der Waals surface area contributed by atoms with Crippen LogP contribution in [0.5, 0.6) is 0 Å². The molecule has 0 spiro atoms. The summed E-state index contributed by atoms with van der Waals surface area (Å²) in [5, 5.41) is 12.3. The number of hydrogen-bond acceptors (Lipinski definition) is 7. The van der Waals surface area contributed by atoms with Gasteiger partial charge in [0.25, 0.3) is 5.91 Å². The summed E-state index contributed by atoms with van der Waals surface area (Å²) in [6, 6.07) is 11.6. The first kappa shape index (κ1) is 18.4. The summed E-state index contributed by atoms with van der Waals surface area (Å²) < 4.78 is 0. The van der Waals surface area contributed by atoms with Gasteiger partial charge < -0.3 is 16.0 Å². The molecule has 1 aliphatic heterocycles. The van der Waals surface area contributed by atoms with Crippen LogP contribution in [-0.2, 0) is 6.42 Å². The van der Waals surface area contributed by atoms with Gasteiger partial charge in [0.15, 0.2) is 0 Å². The summed E-state index contributed by atoms with van der Waals surface area (Å²) in [4.78, 5) is 26.7. The minimum absolute atomic E-state index is 0.176. The zero-order chi connectivity index (χ0) is 20.2. The van der Waals surface area contributed by atoms with Crippen LogP contribution in [0, 0.1) is 11.3 Å². The first-order valence-electron chi connectivity index (χ1n) is 9.17. The van der Waals surface area contributed by atoms with E-state index in [9.17, 15) is 4.79 Å². The van der Waals surface area contributed by atoms with Crippen LogP contribution in [0.25, 0.3) is 0 Å². The van der Waals surface area contributed by atoms with Gasteiger partial charge in [0.2, 0.25) is 0 Å². The van der Waals surface area contributed by atoms with E-state index in [-0.39, 0.29) is 6.04 Å². The van der Waals surface area contributed by atoms with Crippen molar-refractivity contribution in [3.05, 3.63) is 77.6 Å². The van der Waals surface area contributed by atoms with Gasteiger partial charge in [0, 0.05) is 55.7 Å². The van der Waals surface area contributed by atoms with Crippen LogP contribution >= 0.6 is 0 Å². The van der Waals surface area contributed by atoms with E-state index in [1.54, 1.807) is 18.6 Å². The molecule has 0 bridgehead atoms. The lowest BCUT2D eigenvalue weighted by Gasteiger charge is -2.42. The molecule has 2 aromatic heterocycles. The van der Waals surface area contributed by atoms with E-state index < -0.39 is 5.91 Å². The van der Waals surface area contributed by atoms with Crippen LogP contribution in [0.4, 0.5) is 11.4 Å². The molecule has 0 atom stereocenters. The molecule has 0 saturated carbocycles. The number of nitrogens with one attached hydrogen (secondary N) is 1. The molecule has 0 radical (unpaired) electrons. The van der Waals surface area contributed by atoms with E-state index in [2.05, 4.69) is 31.2 Å². The number of nitrogens with zero attached hydrogens (tertiary/aromatic N) is 5. The normalized spacial score (nSPS) is 13.4. The lowest BCUT2D eigenvalue weighted by molar-refractivity contribution is 0.100. The van der Waals surface area contributed by atoms with E-state index in [4.69, 9.17) is 11.0 Å². The van der Waals surface area contributed by atoms with E-state index >= 15 is 0 Å². The Hall–Kier alpha value is -3.99. The molecule has 8 nitrogen and oxygen atoms in total. The Morgan fingerprint density at radius 2 is 1.97 bits per heavy atom. The molecule has 3 aromatic rings. The molecule has 3 N–H and O–H groups in total. The van der Waals surface area contributed by atoms with Gasteiger partial charge in [0.1, 0.15) is 0 Å². The van der Waals surface area contributed by atoms with E-state index in [0.29, 0.717) is 23.2 Å². The largest absolute Gasteiger partial charge is 0.378 e. The van der Waals surface area contributed by atoms with Gasteiger partial charge in [-0.3, -0.25) is 19.7 Å². The second-order valence-corrected chi connectivity index (χ2v) is 6.86. The second kappa shape index (κ2) is 7.94. The number of carbonyl (C=O) groups is 1.